The molecule has 6 nitrogen and oxygen atoms in total. The molecule has 2 aliphatic heterocycles. The molecule has 0 amide bonds. The van der Waals surface area contributed by atoms with Crippen LogP contribution >= 0.6 is 0 Å². The predicted octanol–water partition coefficient (Wildman–Crippen LogP) is 1.85. The van der Waals surface area contributed by atoms with E-state index >= 15 is 0 Å². The van der Waals surface area contributed by atoms with Gasteiger partial charge in [0, 0.05) is 32.7 Å². The molecule has 0 radical (unpaired) electrons. The van der Waals surface area contributed by atoms with Crippen molar-refractivity contribution in [3.8, 4) is 0 Å². The van der Waals surface area contributed by atoms with E-state index in [1.54, 1.807) is 6.07 Å². The maximum atomic E-state index is 11.3. The van der Waals surface area contributed by atoms with Crippen LogP contribution in [-0.2, 0) is 11.3 Å². The molecule has 2 aliphatic rings. The van der Waals surface area contributed by atoms with Gasteiger partial charge in [0.05, 0.1) is 18.1 Å². The van der Waals surface area contributed by atoms with Gasteiger partial charge in [0.2, 0.25) is 0 Å². The van der Waals surface area contributed by atoms with Crippen LogP contribution in [0.3, 0.4) is 0 Å². The number of fused-ring (bicyclic) bond motifs is 1. The highest BCUT2D eigenvalue weighted by Gasteiger charge is 2.24. The minimum atomic E-state index is -0.294. The largest absolute Gasteiger partial charge is 0.378 e. The summed E-state index contributed by atoms with van der Waals surface area (Å²) in [5.41, 5.74) is 2.95. The Morgan fingerprint density at radius 2 is 2.05 bits per heavy atom. The van der Waals surface area contributed by atoms with Gasteiger partial charge in [-0.25, -0.2) is 0 Å². The monoisotopic (exact) mass is 275 g/mol. The third kappa shape index (κ3) is 2.34. The topological polar surface area (TPSA) is 58.8 Å². The summed E-state index contributed by atoms with van der Waals surface area (Å²) in [5, 5.41) is 11.3. The van der Waals surface area contributed by atoms with Crippen LogP contribution < -0.4 is 4.90 Å². The second-order valence-electron chi connectivity index (χ2n) is 5.13. The maximum Gasteiger partial charge on any atom is 0.293 e. The average Bonchev–Trinajstić information content (AvgIpc) is 2.46. The van der Waals surface area contributed by atoms with Gasteiger partial charge in [-0.2, -0.15) is 0 Å². The summed E-state index contributed by atoms with van der Waals surface area (Å²) in [6.45, 7) is 3.42. The lowest BCUT2D eigenvalue weighted by Crippen LogP contribution is -2.36. The average molecular weight is 275 g/mol. The number of nitro groups is 1. The fourth-order valence-corrected chi connectivity index (χ4v) is 2.66. The highest BCUT2D eigenvalue weighted by atomic mass is 16.6. The Morgan fingerprint density at radius 1 is 1.30 bits per heavy atom. The predicted molar refractivity (Wildman–Crippen MR) is 76.6 cm³/mol. The number of benzene rings is 1. The fourth-order valence-electron chi connectivity index (χ4n) is 2.66. The smallest absolute Gasteiger partial charge is 0.293 e. The first-order valence-electron chi connectivity index (χ1n) is 6.67. The summed E-state index contributed by atoms with van der Waals surface area (Å²) in [5.74, 6) is 0. The third-order valence-corrected chi connectivity index (χ3v) is 3.71. The van der Waals surface area contributed by atoms with Crippen LogP contribution in [0.25, 0.3) is 6.08 Å². The second-order valence-corrected chi connectivity index (χ2v) is 5.13. The molecule has 0 bridgehead atoms. The van der Waals surface area contributed by atoms with Crippen molar-refractivity contribution >= 4 is 17.5 Å². The number of rotatable bonds is 2. The van der Waals surface area contributed by atoms with E-state index in [2.05, 4.69) is 4.90 Å². The van der Waals surface area contributed by atoms with E-state index in [1.807, 2.05) is 30.3 Å². The summed E-state index contributed by atoms with van der Waals surface area (Å²) in [7, 11) is 2.00. The van der Waals surface area contributed by atoms with Crippen LogP contribution in [-0.4, -0.2) is 43.2 Å². The Kier molecular flexibility index (Phi) is 3.31. The Hall–Kier alpha value is -2.08. The molecule has 0 N–H and O–H groups in total. The molecular formula is C14H17N3O3. The number of hydrogen-bond donors (Lipinski definition) is 0. The van der Waals surface area contributed by atoms with Gasteiger partial charge in [-0.3, -0.25) is 10.1 Å². The number of anilines is 1. The van der Waals surface area contributed by atoms with E-state index in [1.165, 1.54) is 0 Å². The van der Waals surface area contributed by atoms with Crippen molar-refractivity contribution in [1.29, 1.82) is 0 Å². The van der Waals surface area contributed by atoms with Crippen LogP contribution in [0.15, 0.2) is 18.3 Å². The molecular weight excluding hydrogens is 258 g/mol. The molecule has 3 rings (SSSR count). The zero-order valence-corrected chi connectivity index (χ0v) is 11.4. The summed E-state index contributed by atoms with van der Waals surface area (Å²) < 4.78 is 5.32. The first kappa shape index (κ1) is 12.9. The van der Waals surface area contributed by atoms with Crippen molar-refractivity contribution in [3.63, 3.8) is 0 Å². The lowest BCUT2D eigenvalue weighted by molar-refractivity contribution is -0.384. The SMILES string of the molecule is CN1C=Cc2cc([N+](=O)[O-])c(N3CCOCC3)cc2C1. The van der Waals surface area contributed by atoms with Crippen molar-refractivity contribution in [2.45, 2.75) is 6.54 Å². The Morgan fingerprint density at radius 3 is 2.75 bits per heavy atom. The zero-order valence-electron chi connectivity index (χ0n) is 11.4. The lowest BCUT2D eigenvalue weighted by atomic mass is 10.0. The van der Waals surface area contributed by atoms with Gasteiger partial charge in [-0.1, -0.05) is 0 Å². The van der Waals surface area contributed by atoms with Gasteiger partial charge in [-0.05, 0) is 29.5 Å². The van der Waals surface area contributed by atoms with Gasteiger partial charge >= 0.3 is 0 Å². The highest BCUT2D eigenvalue weighted by Crippen LogP contribution is 2.34. The molecule has 20 heavy (non-hydrogen) atoms. The summed E-state index contributed by atoms with van der Waals surface area (Å²) in [6, 6.07) is 3.64. The first-order chi connectivity index (χ1) is 9.65. The number of nitrogens with zero attached hydrogens (tertiary/aromatic N) is 3. The van der Waals surface area contributed by atoms with E-state index in [0.717, 1.165) is 17.7 Å². The Balaban J connectivity index is 2.05. The molecule has 6 heteroatoms. The minimum Gasteiger partial charge on any atom is -0.378 e. The number of ether oxygens (including phenoxy) is 1. The van der Waals surface area contributed by atoms with Crippen LogP contribution in [0.5, 0.6) is 0 Å². The normalized spacial score (nSPS) is 18.1. The molecule has 0 spiro atoms. The van der Waals surface area contributed by atoms with Gasteiger partial charge in [0.25, 0.3) is 5.69 Å². The van der Waals surface area contributed by atoms with Crippen LogP contribution in [0.4, 0.5) is 11.4 Å². The molecule has 1 saturated heterocycles. The van der Waals surface area contributed by atoms with E-state index in [-0.39, 0.29) is 10.6 Å². The third-order valence-electron chi connectivity index (χ3n) is 3.71. The van der Waals surface area contributed by atoms with Crippen molar-refractivity contribution in [2.24, 2.45) is 0 Å². The van der Waals surface area contributed by atoms with Crippen LogP contribution in [0.2, 0.25) is 0 Å². The van der Waals surface area contributed by atoms with E-state index in [4.69, 9.17) is 4.74 Å². The zero-order chi connectivity index (χ0) is 14.1. The standard InChI is InChI=1S/C14H17N3O3/c1-15-3-2-11-8-14(17(18)19)13(9-12(11)10-15)16-4-6-20-7-5-16/h2-3,8-9H,4-7,10H2,1H3. The van der Waals surface area contributed by atoms with E-state index in [9.17, 15) is 10.1 Å². The second kappa shape index (κ2) is 5.13. The van der Waals surface area contributed by atoms with E-state index < -0.39 is 0 Å². The summed E-state index contributed by atoms with van der Waals surface area (Å²) in [6.07, 6.45) is 3.87. The molecule has 106 valence electrons. The molecule has 1 aromatic rings. The van der Waals surface area contributed by atoms with Crippen LogP contribution in [0, 0.1) is 10.1 Å². The molecule has 0 aliphatic carbocycles. The van der Waals surface area contributed by atoms with E-state index in [0.29, 0.717) is 32.0 Å². The molecule has 1 fully saturated rings. The van der Waals surface area contributed by atoms with Crippen molar-refractivity contribution < 1.29 is 9.66 Å². The molecule has 0 unspecified atom stereocenters. The lowest BCUT2D eigenvalue weighted by Gasteiger charge is -2.30. The van der Waals surface area contributed by atoms with Crippen molar-refractivity contribution in [2.75, 3.05) is 38.3 Å². The molecule has 0 aromatic heterocycles. The fraction of sp³-hybridized carbons (Fsp3) is 0.429. The van der Waals surface area contributed by atoms with Crippen LogP contribution in [0.1, 0.15) is 11.1 Å². The number of nitro benzene ring substituents is 1. The molecule has 1 aromatic carbocycles. The Bertz CT molecular complexity index is 565. The first-order valence-corrected chi connectivity index (χ1v) is 6.67. The van der Waals surface area contributed by atoms with Crippen molar-refractivity contribution in [3.05, 3.63) is 39.6 Å². The van der Waals surface area contributed by atoms with Gasteiger partial charge in [0.15, 0.2) is 0 Å². The van der Waals surface area contributed by atoms with Gasteiger partial charge in [-0.15, -0.1) is 0 Å². The number of morpholine rings is 1. The van der Waals surface area contributed by atoms with Gasteiger partial charge in [0.1, 0.15) is 5.69 Å². The molecule has 0 saturated carbocycles. The maximum absolute atomic E-state index is 11.3. The molecule has 0 atom stereocenters. The van der Waals surface area contributed by atoms with Gasteiger partial charge < -0.3 is 14.5 Å². The van der Waals surface area contributed by atoms with Crippen molar-refractivity contribution in [1.82, 2.24) is 4.90 Å². The summed E-state index contributed by atoms with van der Waals surface area (Å²) in [4.78, 5) is 15.1. The molecule has 2 heterocycles. The minimum absolute atomic E-state index is 0.180. The number of hydrogen-bond acceptors (Lipinski definition) is 5. The quantitative estimate of drug-likeness (QED) is 0.609. The highest BCUT2D eigenvalue weighted by molar-refractivity contribution is 5.71. The summed E-state index contributed by atoms with van der Waals surface area (Å²) >= 11 is 0. The Labute approximate surface area is 117 Å².